The van der Waals surface area contributed by atoms with E-state index in [2.05, 4.69) is 10.6 Å². The summed E-state index contributed by atoms with van der Waals surface area (Å²) in [4.78, 5) is 25.4. The van der Waals surface area contributed by atoms with Crippen LogP contribution in [0.25, 0.3) is 0 Å². The molecule has 0 aromatic heterocycles. The molecule has 3 saturated carbocycles. The quantitative estimate of drug-likeness (QED) is 0.568. The Morgan fingerprint density at radius 1 is 1.12 bits per heavy atom. The Morgan fingerprint density at radius 2 is 1.88 bits per heavy atom. The average molecular weight is 479 g/mol. The minimum atomic E-state index is -0.920. The zero-order valence-corrected chi connectivity index (χ0v) is 18.6. The zero-order valence-electron chi connectivity index (χ0n) is 17.9. The third-order valence-corrected chi connectivity index (χ3v) is 7.09. The normalized spacial score (nSPS) is 26.0. The number of halogens is 3. The average Bonchev–Trinajstić information content (AvgIpc) is 2.79. The zero-order chi connectivity index (χ0) is 23.6. The summed E-state index contributed by atoms with van der Waals surface area (Å²) in [6, 6.07) is 9.92. The van der Waals surface area contributed by atoms with Crippen LogP contribution in [0.5, 0.6) is 5.75 Å². The van der Waals surface area contributed by atoms with Gasteiger partial charge in [0.05, 0.1) is 16.5 Å². The van der Waals surface area contributed by atoms with E-state index < -0.39 is 22.9 Å². The Balaban J connectivity index is 1.32. The Labute approximate surface area is 195 Å². The van der Waals surface area contributed by atoms with Crippen LogP contribution in [0.4, 0.5) is 8.78 Å². The fraction of sp³-hybridized carbons (Fsp3) is 0.417. The van der Waals surface area contributed by atoms with E-state index in [1.165, 1.54) is 24.3 Å². The third kappa shape index (κ3) is 4.96. The summed E-state index contributed by atoms with van der Waals surface area (Å²) < 4.78 is 32.2. The highest BCUT2D eigenvalue weighted by molar-refractivity contribution is 6.30. The topological polar surface area (TPSA) is 87.7 Å². The van der Waals surface area contributed by atoms with Crippen molar-refractivity contribution in [1.29, 1.82) is 0 Å². The Hall–Kier alpha value is -2.71. The van der Waals surface area contributed by atoms with Gasteiger partial charge in [-0.1, -0.05) is 23.7 Å². The molecule has 0 aliphatic heterocycles. The number of hydrogen-bond acceptors (Lipinski definition) is 4. The first kappa shape index (κ1) is 23.4. The van der Waals surface area contributed by atoms with Gasteiger partial charge in [-0.25, -0.2) is 8.78 Å². The minimum absolute atomic E-state index is 0.0347. The Bertz CT molecular complexity index is 1060. The molecule has 176 valence electrons. The number of carbonyl (C=O) groups excluding carboxylic acids is 2. The number of amides is 2. The molecule has 2 aromatic rings. The first-order valence-corrected chi connectivity index (χ1v) is 11.2. The predicted molar refractivity (Wildman–Crippen MR) is 118 cm³/mol. The first-order valence-electron chi connectivity index (χ1n) is 10.8. The van der Waals surface area contributed by atoms with E-state index in [-0.39, 0.29) is 48.0 Å². The lowest BCUT2D eigenvalue weighted by Crippen LogP contribution is -2.65. The van der Waals surface area contributed by atoms with Gasteiger partial charge in [0.15, 0.2) is 6.61 Å². The molecule has 0 heterocycles. The minimum Gasteiger partial charge on any atom is -0.484 e. The van der Waals surface area contributed by atoms with Gasteiger partial charge in [0, 0.05) is 18.2 Å². The summed E-state index contributed by atoms with van der Waals surface area (Å²) in [5.74, 6) is -1.47. The molecule has 2 amide bonds. The van der Waals surface area contributed by atoms with E-state index in [9.17, 15) is 23.5 Å². The number of hydrogen-bond donors (Lipinski definition) is 3. The number of fused-ring (bicyclic) bond motifs is 3. The highest BCUT2D eigenvalue weighted by Gasteiger charge is 2.58. The number of rotatable bonds is 7. The van der Waals surface area contributed by atoms with Crippen molar-refractivity contribution in [2.75, 3.05) is 6.61 Å². The van der Waals surface area contributed by atoms with E-state index in [1.54, 1.807) is 12.1 Å². The molecule has 2 aromatic carbocycles. The maximum Gasteiger partial charge on any atom is 0.258 e. The number of aliphatic hydroxyl groups is 1. The van der Waals surface area contributed by atoms with Crippen molar-refractivity contribution < 1.29 is 28.2 Å². The van der Waals surface area contributed by atoms with Crippen molar-refractivity contribution in [3.05, 3.63) is 64.7 Å². The third-order valence-electron chi connectivity index (χ3n) is 6.78. The number of carbonyl (C=O) groups is 2. The van der Waals surface area contributed by atoms with E-state index in [0.29, 0.717) is 31.2 Å². The van der Waals surface area contributed by atoms with Crippen LogP contribution in [0, 0.1) is 17.0 Å². The Kier molecular flexibility index (Phi) is 6.59. The molecule has 1 unspecified atom stereocenters. The second-order valence-electron chi connectivity index (χ2n) is 8.88. The summed E-state index contributed by atoms with van der Waals surface area (Å²) in [6.45, 7) is -0.131. The van der Waals surface area contributed by atoms with Gasteiger partial charge in [0.1, 0.15) is 17.4 Å². The molecule has 33 heavy (non-hydrogen) atoms. The van der Waals surface area contributed by atoms with Gasteiger partial charge in [0.25, 0.3) is 5.91 Å². The van der Waals surface area contributed by atoms with Crippen LogP contribution in [0.2, 0.25) is 5.02 Å². The molecule has 3 aliphatic rings. The van der Waals surface area contributed by atoms with Gasteiger partial charge in [-0.2, -0.15) is 0 Å². The molecule has 3 aliphatic carbocycles. The molecule has 2 bridgehead atoms. The molecule has 1 atom stereocenters. The molecular weight excluding hydrogens is 454 g/mol. The first-order chi connectivity index (χ1) is 15.7. The van der Waals surface area contributed by atoms with Crippen LogP contribution in [-0.2, 0) is 16.1 Å². The number of nitrogens with one attached hydrogen (secondary N) is 2. The van der Waals surface area contributed by atoms with Gasteiger partial charge in [-0.15, -0.1) is 0 Å². The number of ether oxygens (including phenoxy) is 1. The van der Waals surface area contributed by atoms with E-state index in [4.69, 9.17) is 16.3 Å². The van der Waals surface area contributed by atoms with Gasteiger partial charge in [-0.05, 0) is 61.9 Å². The molecule has 3 N–H and O–H groups in total. The van der Waals surface area contributed by atoms with Gasteiger partial charge in [-0.3, -0.25) is 9.59 Å². The van der Waals surface area contributed by atoms with Crippen LogP contribution in [-0.4, -0.2) is 35.2 Å². The maximum atomic E-state index is 13.5. The van der Waals surface area contributed by atoms with Crippen molar-refractivity contribution >= 4 is 23.4 Å². The van der Waals surface area contributed by atoms with E-state index in [1.807, 2.05) is 0 Å². The molecule has 9 heteroatoms. The van der Waals surface area contributed by atoms with Crippen molar-refractivity contribution in [3.8, 4) is 5.75 Å². The van der Waals surface area contributed by atoms with Crippen LogP contribution in [0.3, 0.4) is 0 Å². The fourth-order valence-electron chi connectivity index (χ4n) is 4.88. The SMILES string of the molecule is O=C(COc1ccc(Cl)c(F)c1)NC12CCC(C(=O)NCc3cccc(F)c3)(CC1)C(O)C2. The van der Waals surface area contributed by atoms with Crippen LogP contribution in [0.1, 0.15) is 37.7 Å². The second kappa shape index (κ2) is 9.27. The largest absolute Gasteiger partial charge is 0.484 e. The number of aliphatic hydroxyl groups excluding tert-OH is 1. The lowest BCUT2D eigenvalue weighted by atomic mass is 9.55. The van der Waals surface area contributed by atoms with E-state index in [0.717, 1.165) is 6.07 Å². The predicted octanol–water partition coefficient (Wildman–Crippen LogP) is 3.49. The van der Waals surface area contributed by atoms with Crippen LogP contribution >= 0.6 is 11.6 Å². The molecule has 3 fully saturated rings. The van der Waals surface area contributed by atoms with Gasteiger partial charge < -0.3 is 20.5 Å². The smallest absolute Gasteiger partial charge is 0.258 e. The maximum absolute atomic E-state index is 13.5. The summed E-state index contributed by atoms with van der Waals surface area (Å²) in [5.41, 5.74) is -0.893. The van der Waals surface area contributed by atoms with E-state index >= 15 is 0 Å². The molecule has 5 rings (SSSR count). The van der Waals surface area contributed by atoms with Crippen molar-refractivity contribution in [1.82, 2.24) is 10.6 Å². The molecule has 6 nitrogen and oxygen atoms in total. The van der Waals surface area contributed by atoms with Crippen molar-refractivity contribution in [3.63, 3.8) is 0 Å². The highest BCUT2D eigenvalue weighted by Crippen LogP contribution is 2.52. The Morgan fingerprint density at radius 3 is 2.55 bits per heavy atom. The van der Waals surface area contributed by atoms with Crippen molar-refractivity contribution in [2.45, 2.75) is 50.3 Å². The van der Waals surface area contributed by atoms with Gasteiger partial charge >= 0.3 is 0 Å². The molecule has 0 spiro atoms. The lowest BCUT2D eigenvalue weighted by Gasteiger charge is -2.55. The number of benzene rings is 2. The summed E-state index contributed by atoms with van der Waals surface area (Å²) in [7, 11) is 0. The van der Waals surface area contributed by atoms with Crippen LogP contribution < -0.4 is 15.4 Å². The van der Waals surface area contributed by atoms with Gasteiger partial charge in [0.2, 0.25) is 5.91 Å². The molecule has 0 radical (unpaired) electrons. The summed E-state index contributed by atoms with van der Waals surface area (Å²) in [5, 5.41) is 16.6. The lowest BCUT2D eigenvalue weighted by molar-refractivity contribution is -0.156. The summed E-state index contributed by atoms with van der Waals surface area (Å²) in [6.07, 6.45) is 1.26. The molecule has 0 saturated heterocycles. The fourth-order valence-corrected chi connectivity index (χ4v) is 5.00. The van der Waals surface area contributed by atoms with Crippen LogP contribution in [0.15, 0.2) is 42.5 Å². The second-order valence-corrected chi connectivity index (χ2v) is 9.29. The molecular formula is C24H25ClF2N2O4. The van der Waals surface area contributed by atoms with Crippen molar-refractivity contribution in [2.24, 2.45) is 5.41 Å². The monoisotopic (exact) mass is 478 g/mol. The summed E-state index contributed by atoms with van der Waals surface area (Å²) >= 11 is 5.64. The highest BCUT2D eigenvalue weighted by atomic mass is 35.5. The standard InChI is InChI=1S/C24H25ClF2N2O4/c25-18-5-4-17(11-19(18)27)33-14-21(31)29-23-6-8-24(9-7-23,20(30)12-23)22(32)28-13-15-2-1-3-16(26)10-15/h1-5,10-11,20,30H,6-9,12-14H2,(H,28,32)(H,29,31).